The molecule has 2 aromatic carbocycles. The molecule has 2 aromatic rings. The third-order valence-electron chi connectivity index (χ3n) is 5.29. The van der Waals surface area contributed by atoms with E-state index in [0.717, 1.165) is 23.4 Å². The fourth-order valence-corrected chi connectivity index (χ4v) is 3.88. The van der Waals surface area contributed by atoms with Gasteiger partial charge in [0.1, 0.15) is 12.4 Å². The van der Waals surface area contributed by atoms with E-state index in [9.17, 15) is 9.59 Å². The Hall–Kier alpha value is -2.86. The third-order valence-corrected chi connectivity index (χ3v) is 5.29. The second kappa shape index (κ2) is 8.02. The molecule has 146 valence electrons. The minimum atomic E-state index is -0.0719. The number of rotatable bonds is 4. The SMILES string of the molecule is CC1CCC(=O)N1c1cccc(NC(=O)CN2CCOc3ccccc3C2)c1. The largest absolute Gasteiger partial charge is 0.492 e. The number of para-hydroxylation sites is 1. The molecule has 1 atom stereocenters. The number of carbonyl (C=O) groups excluding carboxylic acids is 2. The number of ether oxygens (including phenoxy) is 1. The first-order valence-corrected chi connectivity index (χ1v) is 9.75. The first-order valence-electron chi connectivity index (χ1n) is 9.75. The first kappa shape index (κ1) is 18.5. The molecule has 1 N–H and O–H groups in total. The number of fused-ring (bicyclic) bond motifs is 1. The van der Waals surface area contributed by atoms with Crippen LogP contribution in [0.3, 0.4) is 0 Å². The number of amides is 2. The second-order valence-corrected chi connectivity index (χ2v) is 7.42. The molecule has 0 aliphatic carbocycles. The molecular weight excluding hydrogens is 354 g/mol. The Morgan fingerprint density at radius 1 is 1.21 bits per heavy atom. The number of hydrogen-bond acceptors (Lipinski definition) is 4. The van der Waals surface area contributed by atoms with E-state index in [-0.39, 0.29) is 17.9 Å². The van der Waals surface area contributed by atoms with E-state index in [2.05, 4.69) is 17.1 Å². The van der Waals surface area contributed by atoms with Gasteiger partial charge in [-0.2, -0.15) is 0 Å². The standard InChI is InChI=1S/C22H25N3O3/c1-16-9-10-22(27)25(16)19-7-4-6-18(13-19)23-21(26)15-24-11-12-28-20-8-3-2-5-17(20)14-24/h2-8,13,16H,9-12,14-15H2,1H3,(H,23,26). The quantitative estimate of drug-likeness (QED) is 0.887. The molecule has 2 aliphatic heterocycles. The summed E-state index contributed by atoms with van der Waals surface area (Å²) in [4.78, 5) is 28.6. The van der Waals surface area contributed by atoms with Gasteiger partial charge in [-0.1, -0.05) is 24.3 Å². The van der Waals surface area contributed by atoms with Crippen LogP contribution in [0.1, 0.15) is 25.3 Å². The van der Waals surface area contributed by atoms with Gasteiger partial charge in [0.15, 0.2) is 0 Å². The van der Waals surface area contributed by atoms with Gasteiger partial charge in [0, 0.05) is 42.5 Å². The first-order chi connectivity index (χ1) is 13.6. The smallest absolute Gasteiger partial charge is 0.238 e. The van der Waals surface area contributed by atoms with Crippen LogP contribution in [-0.4, -0.2) is 42.5 Å². The van der Waals surface area contributed by atoms with Gasteiger partial charge < -0.3 is 15.0 Å². The Bertz CT molecular complexity index is 883. The van der Waals surface area contributed by atoms with Crippen molar-refractivity contribution >= 4 is 23.2 Å². The van der Waals surface area contributed by atoms with Crippen molar-refractivity contribution in [1.82, 2.24) is 4.90 Å². The van der Waals surface area contributed by atoms with E-state index in [0.29, 0.717) is 38.3 Å². The Morgan fingerprint density at radius 2 is 2.07 bits per heavy atom. The zero-order chi connectivity index (χ0) is 19.5. The van der Waals surface area contributed by atoms with Crippen molar-refractivity contribution in [3.8, 4) is 5.75 Å². The molecule has 2 amide bonds. The molecule has 28 heavy (non-hydrogen) atoms. The fraction of sp³-hybridized carbons (Fsp3) is 0.364. The van der Waals surface area contributed by atoms with Gasteiger partial charge in [-0.15, -0.1) is 0 Å². The Kier molecular flexibility index (Phi) is 5.30. The van der Waals surface area contributed by atoms with Crippen LogP contribution in [0.15, 0.2) is 48.5 Å². The van der Waals surface area contributed by atoms with Crippen molar-refractivity contribution in [2.75, 3.05) is 29.9 Å². The van der Waals surface area contributed by atoms with Crippen molar-refractivity contribution in [3.05, 3.63) is 54.1 Å². The molecule has 6 nitrogen and oxygen atoms in total. The number of carbonyl (C=O) groups is 2. The van der Waals surface area contributed by atoms with Crippen LogP contribution in [0.25, 0.3) is 0 Å². The van der Waals surface area contributed by atoms with E-state index in [1.807, 2.05) is 53.4 Å². The minimum absolute atomic E-state index is 0.0719. The molecule has 2 heterocycles. The highest BCUT2D eigenvalue weighted by atomic mass is 16.5. The molecular formula is C22H25N3O3. The summed E-state index contributed by atoms with van der Waals surface area (Å²) in [6.45, 7) is 4.29. The van der Waals surface area contributed by atoms with Gasteiger partial charge in [-0.05, 0) is 37.6 Å². The fourth-order valence-electron chi connectivity index (χ4n) is 3.88. The normalized spacial score (nSPS) is 19.7. The number of nitrogens with one attached hydrogen (secondary N) is 1. The average Bonchev–Trinajstić information content (AvgIpc) is 2.88. The lowest BCUT2D eigenvalue weighted by Gasteiger charge is -2.23. The summed E-state index contributed by atoms with van der Waals surface area (Å²) < 4.78 is 5.76. The van der Waals surface area contributed by atoms with Crippen LogP contribution in [0.5, 0.6) is 5.75 Å². The number of anilines is 2. The second-order valence-electron chi connectivity index (χ2n) is 7.42. The Balaban J connectivity index is 1.40. The molecule has 0 saturated carbocycles. The van der Waals surface area contributed by atoms with Gasteiger partial charge in [0.05, 0.1) is 6.54 Å². The summed E-state index contributed by atoms with van der Waals surface area (Å²) in [6.07, 6.45) is 1.45. The minimum Gasteiger partial charge on any atom is -0.492 e. The summed E-state index contributed by atoms with van der Waals surface area (Å²) in [7, 11) is 0. The van der Waals surface area contributed by atoms with E-state index in [4.69, 9.17) is 4.74 Å². The zero-order valence-electron chi connectivity index (χ0n) is 16.1. The van der Waals surface area contributed by atoms with Crippen LogP contribution in [0, 0.1) is 0 Å². The summed E-state index contributed by atoms with van der Waals surface area (Å²) in [5, 5.41) is 2.97. The monoisotopic (exact) mass is 379 g/mol. The van der Waals surface area contributed by atoms with Crippen molar-refractivity contribution in [3.63, 3.8) is 0 Å². The van der Waals surface area contributed by atoms with Crippen molar-refractivity contribution in [2.45, 2.75) is 32.4 Å². The summed E-state index contributed by atoms with van der Waals surface area (Å²) >= 11 is 0. The van der Waals surface area contributed by atoms with Crippen LogP contribution < -0.4 is 15.0 Å². The molecule has 0 aromatic heterocycles. The average molecular weight is 379 g/mol. The predicted molar refractivity (Wildman–Crippen MR) is 108 cm³/mol. The van der Waals surface area contributed by atoms with Crippen molar-refractivity contribution in [2.24, 2.45) is 0 Å². The lowest BCUT2D eigenvalue weighted by atomic mass is 10.2. The molecule has 1 fully saturated rings. The Morgan fingerprint density at radius 3 is 2.89 bits per heavy atom. The molecule has 4 rings (SSSR count). The number of hydrogen-bond donors (Lipinski definition) is 1. The maximum absolute atomic E-state index is 12.6. The number of nitrogens with zero attached hydrogens (tertiary/aromatic N) is 2. The third kappa shape index (κ3) is 4.02. The van der Waals surface area contributed by atoms with Crippen LogP contribution in [-0.2, 0) is 16.1 Å². The molecule has 6 heteroatoms. The molecule has 0 radical (unpaired) electrons. The summed E-state index contributed by atoms with van der Waals surface area (Å²) in [5.41, 5.74) is 2.64. The highest BCUT2D eigenvalue weighted by Gasteiger charge is 2.28. The van der Waals surface area contributed by atoms with Crippen LogP contribution >= 0.6 is 0 Å². The summed E-state index contributed by atoms with van der Waals surface area (Å²) in [6, 6.07) is 15.6. The topological polar surface area (TPSA) is 61.9 Å². The molecule has 2 aliphatic rings. The highest BCUT2D eigenvalue weighted by Crippen LogP contribution is 2.28. The van der Waals surface area contributed by atoms with Gasteiger partial charge in [0.25, 0.3) is 0 Å². The lowest BCUT2D eigenvalue weighted by molar-refractivity contribution is -0.118. The van der Waals surface area contributed by atoms with Crippen LogP contribution in [0.2, 0.25) is 0 Å². The molecule has 0 spiro atoms. The van der Waals surface area contributed by atoms with E-state index >= 15 is 0 Å². The molecule has 1 saturated heterocycles. The highest BCUT2D eigenvalue weighted by molar-refractivity contribution is 5.98. The number of benzene rings is 2. The van der Waals surface area contributed by atoms with E-state index in [1.165, 1.54) is 0 Å². The Labute approximate surface area is 165 Å². The predicted octanol–water partition coefficient (Wildman–Crippen LogP) is 3.04. The van der Waals surface area contributed by atoms with Crippen molar-refractivity contribution in [1.29, 1.82) is 0 Å². The van der Waals surface area contributed by atoms with E-state index < -0.39 is 0 Å². The van der Waals surface area contributed by atoms with Gasteiger partial charge >= 0.3 is 0 Å². The van der Waals surface area contributed by atoms with Gasteiger partial charge in [-0.3, -0.25) is 14.5 Å². The molecule has 0 bridgehead atoms. The van der Waals surface area contributed by atoms with Gasteiger partial charge in [0.2, 0.25) is 11.8 Å². The maximum atomic E-state index is 12.6. The summed E-state index contributed by atoms with van der Waals surface area (Å²) in [5.74, 6) is 0.957. The molecule has 1 unspecified atom stereocenters. The lowest BCUT2D eigenvalue weighted by Crippen LogP contribution is -2.34. The zero-order valence-corrected chi connectivity index (χ0v) is 16.1. The van der Waals surface area contributed by atoms with Crippen molar-refractivity contribution < 1.29 is 14.3 Å². The van der Waals surface area contributed by atoms with Gasteiger partial charge in [-0.25, -0.2) is 0 Å². The maximum Gasteiger partial charge on any atom is 0.238 e. The van der Waals surface area contributed by atoms with Crippen LogP contribution in [0.4, 0.5) is 11.4 Å². The van der Waals surface area contributed by atoms with E-state index in [1.54, 1.807) is 0 Å².